The van der Waals surface area contributed by atoms with E-state index in [1.54, 1.807) is 36.7 Å². The first-order chi connectivity index (χ1) is 19.5. The summed E-state index contributed by atoms with van der Waals surface area (Å²) in [6.45, 7) is 0.0863. The van der Waals surface area contributed by atoms with Crippen LogP contribution >= 0.6 is 0 Å². The normalized spacial score (nSPS) is 19.6. The summed E-state index contributed by atoms with van der Waals surface area (Å²) in [5.74, 6) is -2.88. The van der Waals surface area contributed by atoms with Crippen LogP contribution in [0.25, 0.3) is 11.0 Å². The van der Waals surface area contributed by atoms with Crippen LogP contribution in [-0.2, 0) is 28.5 Å². The lowest BCUT2D eigenvalue weighted by Crippen LogP contribution is -2.56. The van der Waals surface area contributed by atoms with Gasteiger partial charge >= 0.3 is 16.2 Å². The summed E-state index contributed by atoms with van der Waals surface area (Å²) in [7, 11) is -1.05. The molecule has 2 aromatic carbocycles. The number of benzene rings is 2. The lowest BCUT2D eigenvalue weighted by Gasteiger charge is -2.26. The van der Waals surface area contributed by atoms with E-state index in [0.717, 1.165) is 22.0 Å². The van der Waals surface area contributed by atoms with Crippen molar-refractivity contribution in [2.45, 2.75) is 24.3 Å². The fourth-order valence-corrected chi connectivity index (χ4v) is 6.55. The van der Waals surface area contributed by atoms with Gasteiger partial charge in [0.15, 0.2) is 0 Å². The molecular formula is C27H25F2N7O4S. The molecule has 0 bridgehead atoms. The topological polar surface area (TPSA) is 130 Å². The number of hydrogen-bond donors (Lipinski definition) is 2. The fourth-order valence-electron chi connectivity index (χ4n) is 5.43. The second kappa shape index (κ2) is 9.51. The van der Waals surface area contributed by atoms with Crippen LogP contribution in [0.1, 0.15) is 23.5 Å². The third kappa shape index (κ3) is 4.63. The molecule has 2 aliphatic rings. The van der Waals surface area contributed by atoms with E-state index in [1.165, 1.54) is 18.1 Å². The van der Waals surface area contributed by atoms with Crippen LogP contribution < -0.4 is 19.2 Å². The van der Waals surface area contributed by atoms with Gasteiger partial charge in [0.1, 0.15) is 23.0 Å². The van der Waals surface area contributed by atoms with E-state index in [9.17, 15) is 26.8 Å². The van der Waals surface area contributed by atoms with Gasteiger partial charge in [-0.3, -0.25) is 4.79 Å². The molecule has 1 unspecified atom stereocenters. The second-order valence-corrected chi connectivity index (χ2v) is 11.8. The first kappa shape index (κ1) is 26.6. The minimum Gasteiger partial charge on any atom is -0.334 e. The van der Waals surface area contributed by atoms with Gasteiger partial charge in [0.05, 0.1) is 17.4 Å². The van der Waals surface area contributed by atoms with Crippen LogP contribution in [0.5, 0.6) is 0 Å². The molecular weight excluding hydrogens is 556 g/mol. The lowest BCUT2D eigenvalue weighted by atomic mass is 10.0. The maximum absolute atomic E-state index is 14.1. The van der Waals surface area contributed by atoms with Crippen LogP contribution in [0.2, 0.25) is 0 Å². The summed E-state index contributed by atoms with van der Waals surface area (Å²) in [5.41, 5.74) is 1.14. The second-order valence-electron chi connectivity index (χ2n) is 10.2. The Morgan fingerprint density at radius 2 is 1.85 bits per heavy atom. The Morgan fingerprint density at radius 3 is 2.61 bits per heavy atom. The number of urea groups is 1. The van der Waals surface area contributed by atoms with Crippen molar-refractivity contribution in [3.8, 4) is 0 Å². The van der Waals surface area contributed by atoms with Gasteiger partial charge in [0.25, 0.3) is 5.91 Å². The summed E-state index contributed by atoms with van der Waals surface area (Å²) >= 11 is 0. The number of aryl methyl sites for hydroxylation is 1. The largest absolute Gasteiger partial charge is 0.334 e. The summed E-state index contributed by atoms with van der Waals surface area (Å²) < 4.78 is 59.2. The number of carbonyl (C=O) groups is 2. The monoisotopic (exact) mass is 581 g/mol. The summed E-state index contributed by atoms with van der Waals surface area (Å²) in [5, 5.41) is 2.52. The Bertz CT molecular complexity index is 1810. The van der Waals surface area contributed by atoms with Crippen molar-refractivity contribution in [3.05, 3.63) is 83.8 Å². The molecule has 3 amide bonds. The van der Waals surface area contributed by atoms with Gasteiger partial charge in [-0.25, -0.2) is 32.6 Å². The summed E-state index contributed by atoms with van der Waals surface area (Å²) in [6.07, 6.45) is 3.50. The van der Waals surface area contributed by atoms with Crippen molar-refractivity contribution in [1.82, 2.24) is 24.6 Å². The zero-order valence-electron chi connectivity index (χ0n) is 22.0. The van der Waals surface area contributed by atoms with Gasteiger partial charge in [0, 0.05) is 44.5 Å². The molecule has 14 heteroatoms. The number of carbonyl (C=O) groups excluding carboxylic acids is 2. The smallest absolute Gasteiger partial charge is 0.330 e. The van der Waals surface area contributed by atoms with Crippen molar-refractivity contribution in [1.29, 1.82) is 0 Å². The Hall–Kier alpha value is -4.59. The fraction of sp³-hybridized carbons (Fsp3) is 0.259. The number of aromatic nitrogens is 3. The third-order valence-corrected chi connectivity index (χ3v) is 8.95. The van der Waals surface area contributed by atoms with Crippen molar-refractivity contribution in [2.24, 2.45) is 7.05 Å². The molecule has 6 rings (SSSR count). The quantitative estimate of drug-likeness (QED) is 0.360. The maximum atomic E-state index is 14.1. The van der Waals surface area contributed by atoms with Crippen molar-refractivity contribution in [2.75, 3.05) is 22.8 Å². The van der Waals surface area contributed by atoms with Gasteiger partial charge < -0.3 is 14.8 Å². The van der Waals surface area contributed by atoms with Crippen molar-refractivity contribution in [3.63, 3.8) is 0 Å². The highest BCUT2D eigenvalue weighted by Gasteiger charge is 2.63. The number of fused-ring (bicyclic) bond motifs is 2. The summed E-state index contributed by atoms with van der Waals surface area (Å²) in [6, 6.07) is 10.4. The first-order valence-corrected chi connectivity index (χ1v) is 14.1. The van der Waals surface area contributed by atoms with E-state index < -0.39 is 45.2 Å². The molecule has 212 valence electrons. The molecule has 2 N–H and O–H groups in total. The highest BCUT2D eigenvalue weighted by Crippen LogP contribution is 2.53. The highest BCUT2D eigenvalue weighted by molar-refractivity contribution is 7.91. The average molecular weight is 582 g/mol. The molecule has 3 heterocycles. The number of pyridine rings is 1. The van der Waals surface area contributed by atoms with Gasteiger partial charge in [-0.05, 0) is 60.4 Å². The zero-order valence-corrected chi connectivity index (χ0v) is 22.8. The molecule has 0 radical (unpaired) electrons. The van der Waals surface area contributed by atoms with E-state index in [2.05, 4.69) is 15.3 Å². The molecule has 11 nitrogen and oxygen atoms in total. The number of hydrogen-bond acceptors (Lipinski definition) is 6. The van der Waals surface area contributed by atoms with Gasteiger partial charge in [0.2, 0.25) is 0 Å². The van der Waals surface area contributed by atoms with Crippen molar-refractivity contribution >= 4 is 44.7 Å². The number of amides is 3. The molecule has 4 aromatic rings. The zero-order chi connectivity index (χ0) is 29.1. The molecule has 1 saturated carbocycles. The first-order valence-electron chi connectivity index (χ1n) is 12.7. The third-order valence-electron chi connectivity index (χ3n) is 7.57. The SMILES string of the molecule is CN(C(=O)[C@]1(NC(=O)NS(=O)(=O)N2CCc3cccnc32)CC1c1cc(F)cc(F)c1)c1ccc2c(c1)ncn2C. The summed E-state index contributed by atoms with van der Waals surface area (Å²) in [4.78, 5) is 36.8. The molecule has 0 saturated heterocycles. The van der Waals surface area contributed by atoms with Crippen LogP contribution in [-0.4, -0.2) is 54.0 Å². The minimum absolute atomic E-state index is 0.00747. The predicted molar refractivity (Wildman–Crippen MR) is 146 cm³/mol. The molecule has 2 aromatic heterocycles. The number of rotatable bonds is 6. The Balaban J connectivity index is 1.29. The average Bonchev–Trinajstić information content (AvgIpc) is 3.28. The standard InChI is InChI=1S/C27H25F2N7O4S/c1-34-15-31-22-13-20(5-6-23(22)34)35(2)25(37)27(14-21(27)17-10-18(28)12-19(29)11-17)32-26(38)33-41(39,40)36-9-7-16-4-3-8-30-24(16)36/h3-6,8,10-13,15,21H,7,9,14H2,1-2H3,(H2,32,33,38)/t21?,27-/m0/s1. The van der Waals surface area contributed by atoms with Gasteiger partial charge in [-0.2, -0.15) is 8.42 Å². The Morgan fingerprint density at radius 1 is 1.10 bits per heavy atom. The number of halogens is 2. The number of anilines is 2. The molecule has 2 atom stereocenters. The molecule has 1 fully saturated rings. The number of likely N-dealkylation sites (N-methyl/N-ethyl adjacent to an activating group) is 1. The number of nitrogens with one attached hydrogen (secondary N) is 2. The predicted octanol–water partition coefficient (Wildman–Crippen LogP) is 2.74. The molecule has 1 aliphatic carbocycles. The van der Waals surface area contributed by atoms with Gasteiger partial charge in [-0.1, -0.05) is 6.07 Å². The van der Waals surface area contributed by atoms with E-state index >= 15 is 0 Å². The Labute approximate surface area is 234 Å². The highest BCUT2D eigenvalue weighted by atomic mass is 32.2. The van der Waals surface area contributed by atoms with E-state index in [4.69, 9.17) is 0 Å². The minimum atomic E-state index is -4.38. The van der Waals surface area contributed by atoms with E-state index in [0.29, 0.717) is 29.3 Å². The molecule has 1 aliphatic heterocycles. The van der Waals surface area contributed by atoms with Crippen molar-refractivity contribution < 1.29 is 26.8 Å². The van der Waals surface area contributed by atoms with Gasteiger partial charge in [-0.15, -0.1) is 0 Å². The van der Waals surface area contributed by atoms with Crippen LogP contribution in [0, 0.1) is 11.6 Å². The molecule has 41 heavy (non-hydrogen) atoms. The lowest BCUT2D eigenvalue weighted by molar-refractivity contribution is -0.121. The maximum Gasteiger partial charge on any atom is 0.330 e. The van der Waals surface area contributed by atoms with E-state index in [1.807, 2.05) is 16.3 Å². The number of nitrogens with zero attached hydrogens (tertiary/aromatic N) is 5. The number of imidazole rings is 1. The van der Waals surface area contributed by atoms with Crippen LogP contribution in [0.3, 0.4) is 0 Å². The van der Waals surface area contributed by atoms with Crippen LogP contribution in [0.4, 0.5) is 25.1 Å². The van der Waals surface area contributed by atoms with Crippen LogP contribution in [0.15, 0.2) is 61.1 Å². The Kier molecular flexibility index (Phi) is 6.17. The van der Waals surface area contributed by atoms with E-state index in [-0.39, 0.29) is 24.3 Å². The molecule has 0 spiro atoms.